The Bertz CT molecular complexity index is 316. The van der Waals surface area contributed by atoms with Gasteiger partial charge in [0.15, 0.2) is 0 Å². The number of benzene rings is 1. The summed E-state index contributed by atoms with van der Waals surface area (Å²) in [5, 5.41) is 0. The summed E-state index contributed by atoms with van der Waals surface area (Å²) in [6, 6.07) is 8.80. The van der Waals surface area contributed by atoms with Crippen LogP contribution in [0.25, 0.3) is 0 Å². The van der Waals surface area contributed by atoms with Crippen LogP contribution in [0.2, 0.25) is 0 Å². The van der Waals surface area contributed by atoms with Gasteiger partial charge in [0.05, 0.1) is 5.60 Å². The highest BCUT2D eigenvalue weighted by atomic mass is 16.7. The first-order valence-corrected chi connectivity index (χ1v) is 4.68. The number of carbonyl (C=O) groups excluding carboxylic acids is 1. The molecule has 4 nitrogen and oxygen atoms in total. The van der Waals surface area contributed by atoms with E-state index in [1.165, 1.54) is 0 Å². The first-order chi connectivity index (χ1) is 6.97. The summed E-state index contributed by atoms with van der Waals surface area (Å²) in [7, 11) is 0. The molecule has 0 bridgehead atoms. The summed E-state index contributed by atoms with van der Waals surface area (Å²) in [5.74, 6) is 0.479. The average molecular weight is 209 g/mol. The van der Waals surface area contributed by atoms with Gasteiger partial charge < -0.3 is 4.74 Å². The Morgan fingerprint density at radius 1 is 1.20 bits per heavy atom. The standard InChI is InChI=1S/C11H15NO3/c1-11(2,3)15-12-10(13)14-9-7-5-4-6-8-9/h4-8H,1-3H3,(H,12,13). The van der Waals surface area contributed by atoms with Crippen LogP contribution in [0.3, 0.4) is 0 Å². The predicted molar refractivity (Wildman–Crippen MR) is 56.4 cm³/mol. The van der Waals surface area contributed by atoms with Crippen molar-refractivity contribution < 1.29 is 14.4 Å². The number of rotatable bonds is 2. The van der Waals surface area contributed by atoms with Crippen molar-refractivity contribution in [2.24, 2.45) is 0 Å². The molecule has 0 spiro atoms. The van der Waals surface area contributed by atoms with Gasteiger partial charge in [-0.05, 0) is 32.9 Å². The largest absolute Gasteiger partial charge is 0.436 e. The Labute approximate surface area is 89.1 Å². The normalized spacial score (nSPS) is 10.9. The monoisotopic (exact) mass is 209 g/mol. The van der Waals surface area contributed by atoms with Gasteiger partial charge in [0, 0.05) is 0 Å². The zero-order valence-electron chi connectivity index (χ0n) is 9.11. The Balaban J connectivity index is 2.38. The van der Waals surface area contributed by atoms with Crippen LogP contribution < -0.4 is 10.2 Å². The summed E-state index contributed by atoms with van der Waals surface area (Å²) in [6.45, 7) is 5.49. The van der Waals surface area contributed by atoms with Crippen LogP contribution >= 0.6 is 0 Å². The number of ether oxygens (including phenoxy) is 1. The number of hydroxylamine groups is 1. The van der Waals surface area contributed by atoms with Crippen molar-refractivity contribution in [1.29, 1.82) is 0 Å². The molecule has 0 heterocycles. The quantitative estimate of drug-likeness (QED) is 0.761. The maximum atomic E-state index is 11.2. The van der Waals surface area contributed by atoms with Crippen LogP contribution in [0.4, 0.5) is 4.79 Å². The lowest BCUT2D eigenvalue weighted by molar-refractivity contribution is -0.0599. The lowest BCUT2D eigenvalue weighted by atomic mass is 10.2. The third-order valence-corrected chi connectivity index (χ3v) is 1.39. The van der Waals surface area contributed by atoms with E-state index >= 15 is 0 Å². The molecule has 1 amide bonds. The van der Waals surface area contributed by atoms with E-state index in [1.54, 1.807) is 24.3 Å². The lowest BCUT2D eigenvalue weighted by Gasteiger charge is -2.18. The predicted octanol–water partition coefficient (Wildman–Crippen LogP) is 2.51. The SMILES string of the molecule is CC(C)(C)ONC(=O)Oc1ccccc1. The zero-order valence-corrected chi connectivity index (χ0v) is 9.11. The number of carbonyl (C=O) groups is 1. The molecule has 0 saturated heterocycles. The van der Waals surface area contributed by atoms with Gasteiger partial charge in [0.25, 0.3) is 0 Å². The van der Waals surface area contributed by atoms with E-state index in [0.29, 0.717) is 5.75 Å². The van der Waals surface area contributed by atoms with Crippen molar-refractivity contribution in [1.82, 2.24) is 5.48 Å². The fraction of sp³-hybridized carbons (Fsp3) is 0.364. The molecule has 0 aliphatic rings. The average Bonchev–Trinajstić information content (AvgIpc) is 2.15. The van der Waals surface area contributed by atoms with Gasteiger partial charge in [-0.15, -0.1) is 0 Å². The van der Waals surface area contributed by atoms with Gasteiger partial charge in [-0.3, -0.25) is 4.84 Å². The fourth-order valence-electron chi connectivity index (χ4n) is 0.811. The number of nitrogens with one attached hydrogen (secondary N) is 1. The Morgan fingerprint density at radius 3 is 2.33 bits per heavy atom. The van der Waals surface area contributed by atoms with Crippen LogP contribution in [0.1, 0.15) is 20.8 Å². The maximum absolute atomic E-state index is 11.2. The molecule has 1 aromatic carbocycles. The third kappa shape index (κ3) is 5.02. The van der Waals surface area contributed by atoms with Gasteiger partial charge in [-0.2, -0.15) is 5.48 Å². The molecule has 0 saturated carbocycles. The molecule has 0 atom stereocenters. The van der Waals surface area contributed by atoms with Crippen LogP contribution in [-0.4, -0.2) is 11.7 Å². The van der Waals surface area contributed by atoms with E-state index < -0.39 is 11.7 Å². The first-order valence-electron chi connectivity index (χ1n) is 4.68. The van der Waals surface area contributed by atoms with Crippen molar-refractivity contribution >= 4 is 6.09 Å². The number of amides is 1. The molecule has 0 aromatic heterocycles. The second kappa shape index (κ2) is 4.79. The molecule has 1 N–H and O–H groups in total. The summed E-state index contributed by atoms with van der Waals surface area (Å²) >= 11 is 0. The van der Waals surface area contributed by atoms with E-state index in [-0.39, 0.29) is 0 Å². The minimum absolute atomic E-state index is 0.435. The molecule has 0 unspecified atom stereocenters. The first kappa shape index (κ1) is 11.5. The molecule has 1 rings (SSSR count). The van der Waals surface area contributed by atoms with E-state index in [4.69, 9.17) is 9.57 Å². The van der Waals surface area contributed by atoms with Gasteiger partial charge in [0.1, 0.15) is 5.75 Å². The topological polar surface area (TPSA) is 47.6 Å². The number of para-hydroxylation sites is 1. The highest BCUT2D eigenvalue weighted by Gasteiger charge is 2.13. The van der Waals surface area contributed by atoms with Crippen LogP contribution in [-0.2, 0) is 4.84 Å². The maximum Gasteiger partial charge on any atom is 0.436 e. The highest BCUT2D eigenvalue weighted by Crippen LogP contribution is 2.09. The molecule has 15 heavy (non-hydrogen) atoms. The summed E-state index contributed by atoms with van der Waals surface area (Å²) in [4.78, 5) is 16.2. The summed E-state index contributed by atoms with van der Waals surface area (Å²) in [5.41, 5.74) is 1.78. The van der Waals surface area contributed by atoms with Crippen molar-refractivity contribution in [2.75, 3.05) is 0 Å². The second-order valence-electron chi connectivity index (χ2n) is 4.02. The van der Waals surface area contributed by atoms with E-state index in [1.807, 2.05) is 26.8 Å². The molecule has 4 heteroatoms. The van der Waals surface area contributed by atoms with Crippen molar-refractivity contribution in [3.05, 3.63) is 30.3 Å². The number of hydrogen-bond acceptors (Lipinski definition) is 3. The Morgan fingerprint density at radius 2 is 1.80 bits per heavy atom. The molecule has 0 aliphatic carbocycles. The third-order valence-electron chi connectivity index (χ3n) is 1.39. The van der Waals surface area contributed by atoms with Gasteiger partial charge in [-0.1, -0.05) is 18.2 Å². The second-order valence-corrected chi connectivity index (χ2v) is 4.02. The van der Waals surface area contributed by atoms with Crippen molar-refractivity contribution in [3.8, 4) is 5.75 Å². The molecule has 82 valence electrons. The van der Waals surface area contributed by atoms with Gasteiger partial charge in [-0.25, -0.2) is 4.79 Å². The van der Waals surface area contributed by atoms with E-state index in [0.717, 1.165) is 0 Å². The molecular weight excluding hydrogens is 194 g/mol. The van der Waals surface area contributed by atoms with Crippen LogP contribution in [0.15, 0.2) is 30.3 Å². The Hall–Kier alpha value is -1.55. The molecule has 0 fully saturated rings. The molecule has 0 aliphatic heterocycles. The smallest absolute Gasteiger partial charge is 0.409 e. The van der Waals surface area contributed by atoms with Gasteiger partial charge in [0.2, 0.25) is 0 Å². The molecular formula is C11H15NO3. The van der Waals surface area contributed by atoms with Crippen LogP contribution in [0, 0.1) is 0 Å². The zero-order chi connectivity index (χ0) is 11.3. The van der Waals surface area contributed by atoms with E-state index in [9.17, 15) is 4.79 Å². The van der Waals surface area contributed by atoms with Gasteiger partial charge >= 0.3 is 6.09 Å². The van der Waals surface area contributed by atoms with E-state index in [2.05, 4.69) is 5.48 Å². The van der Waals surface area contributed by atoms with Crippen molar-refractivity contribution in [3.63, 3.8) is 0 Å². The minimum Gasteiger partial charge on any atom is -0.409 e. The molecule has 0 radical (unpaired) electrons. The fourth-order valence-corrected chi connectivity index (χ4v) is 0.811. The highest BCUT2D eigenvalue weighted by molar-refractivity contribution is 5.69. The summed E-state index contributed by atoms with van der Waals surface area (Å²) in [6.07, 6.45) is -0.629. The molecule has 1 aromatic rings. The minimum atomic E-state index is -0.629. The van der Waals surface area contributed by atoms with Crippen LogP contribution in [0.5, 0.6) is 5.75 Å². The number of hydrogen-bond donors (Lipinski definition) is 1. The lowest BCUT2D eigenvalue weighted by Crippen LogP contribution is -2.35. The summed E-state index contributed by atoms with van der Waals surface area (Å²) < 4.78 is 4.93. The Kier molecular flexibility index (Phi) is 3.68. The van der Waals surface area contributed by atoms with Crippen molar-refractivity contribution in [2.45, 2.75) is 26.4 Å².